The lowest BCUT2D eigenvalue weighted by molar-refractivity contribution is 0.268. The molecule has 0 atom stereocenters. The van der Waals surface area contributed by atoms with Crippen LogP contribution in [0, 0.1) is 6.92 Å². The molecule has 2 aromatic carbocycles. The Bertz CT molecular complexity index is 710. The summed E-state index contributed by atoms with van der Waals surface area (Å²) in [5, 5.41) is 16.0. The number of benzene rings is 2. The number of fused-ring (bicyclic) bond motifs is 1. The van der Waals surface area contributed by atoms with E-state index in [4.69, 9.17) is 5.11 Å². The topological polar surface area (TPSA) is 38.0 Å². The number of hydrogen-bond donors (Lipinski definition) is 1. The first-order valence-corrected chi connectivity index (χ1v) is 6.43. The fourth-order valence-corrected chi connectivity index (χ4v) is 2.41. The quantitative estimate of drug-likeness (QED) is 0.778. The molecule has 1 aromatic heterocycles. The Morgan fingerprint density at radius 3 is 2.74 bits per heavy atom. The van der Waals surface area contributed by atoms with Crippen molar-refractivity contribution in [1.82, 2.24) is 9.78 Å². The van der Waals surface area contributed by atoms with Gasteiger partial charge in [0.25, 0.3) is 0 Å². The molecular formula is C16H16N2O. The lowest BCUT2D eigenvalue weighted by Gasteiger charge is -2.03. The highest BCUT2D eigenvalue weighted by molar-refractivity contribution is 5.95. The first-order valence-electron chi connectivity index (χ1n) is 6.43. The number of aliphatic hydroxyl groups excluding tert-OH is 1. The summed E-state index contributed by atoms with van der Waals surface area (Å²) in [6, 6.07) is 16.6. The highest BCUT2D eigenvalue weighted by atomic mass is 16.3. The van der Waals surface area contributed by atoms with E-state index in [9.17, 15) is 0 Å². The second-order valence-electron chi connectivity index (χ2n) is 4.64. The van der Waals surface area contributed by atoms with E-state index in [2.05, 4.69) is 41.5 Å². The van der Waals surface area contributed by atoms with Gasteiger partial charge < -0.3 is 5.11 Å². The highest BCUT2D eigenvalue weighted by Crippen LogP contribution is 2.27. The van der Waals surface area contributed by atoms with Crippen LogP contribution in [0.2, 0.25) is 0 Å². The molecule has 0 amide bonds. The van der Waals surface area contributed by atoms with Crippen molar-refractivity contribution in [3.8, 4) is 11.3 Å². The molecule has 3 nitrogen and oxygen atoms in total. The molecule has 0 aliphatic rings. The van der Waals surface area contributed by atoms with Gasteiger partial charge in [-0.1, -0.05) is 42.5 Å². The van der Waals surface area contributed by atoms with Crippen molar-refractivity contribution >= 4 is 10.8 Å². The van der Waals surface area contributed by atoms with Crippen molar-refractivity contribution in [3.05, 3.63) is 54.2 Å². The third-order valence-corrected chi connectivity index (χ3v) is 3.36. The van der Waals surface area contributed by atoms with E-state index in [0.717, 1.165) is 17.0 Å². The smallest absolute Gasteiger partial charge is 0.0932 e. The Hall–Kier alpha value is -2.13. The van der Waals surface area contributed by atoms with Gasteiger partial charge in [-0.3, -0.25) is 4.68 Å². The molecule has 0 aliphatic carbocycles. The van der Waals surface area contributed by atoms with Crippen molar-refractivity contribution in [2.24, 2.45) is 0 Å². The van der Waals surface area contributed by atoms with Crippen LogP contribution in [0.15, 0.2) is 48.5 Å². The van der Waals surface area contributed by atoms with Crippen molar-refractivity contribution in [1.29, 1.82) is 0 Å². The molecule has 0 spiro atoms. The Kier molecular flexibility index (Phi) is 3.05. The normalized spacial score (nSPS) is 11.1. The van der Waals surface area contributed by atoms with Gasteiger partial charge in [0.2, 0.25) is 0 Å². The maximum atomic E-state index is 9.03. The Morgan fingerprint density at radius 2 is 1.89 bits per heavy atom. The molecule has 1 heterocycles. The lowest BCUT2D eigenvalue weighted by atomic mass is 10.0. The lowest BCUT2D eigenvalue weighted by Crippen LogP contribution is -2.05. The monoisotopic (exact) mass is 252 g/mol. The van der Waals surface area contributed by atoms with Crippen LogP contribution in [0.1, 0.15) is 5.69 Å². The number of nitrogens with zero attached hydrogens (tertiary/aromatic N) is 2. The van der Waals surface area contributed by atoms with E-state index in [-0.39, 0.29) is 6.61 Å². The summed E-state index contributed by atoms with van der Waals surface area (Å²) < 4.78 is 1.84. The highest BCUT2D eigenvalue weighted by Gasteiger charge is 2.08. The van der Waals surface area contributed by atoms with Gasteiger partial charge >= 0.3 is 0 Å². The molecule has 96 valence electrons. The van der Waals surface area contributed by atoms with Crippen molar-refractivity contribution in [2.75, 3.05) is 6.61 Å². The fraction of sp³-hybridized carbons (Fsp3) is 0.188. The fourth-order valence-electron chi connectivity index (χ4n) is 2.41. The Balaban J connectivity index is 2.16. The molecule has 3 heteroatoms. The molecule has 0 saturated heterocycles. The summed E-state index contributed by atoms with van der Waals surface area (Å²) in [6.45, 7) is 2.66. The minimum Gasteiger partial charge on any atom is -0.394 e. The summed E-state index contributed by atoms with van der Waals surface area (Å²) >= 11 is 0. The van der Waals surface area contributed by atoms with Crippen LogP contribution in [0.25, 0.3) is 22.0 Å². The molecule has 0 fully saturated rings. The maximum absolute atomic E-state index is 9.03. The predicted octanol–water partition coefficient (Wildman–Crippen LogP) is 3.00. The molecule has 3 aromatic rings. The largest absolute Gasteiger partial charge is 0.394 e. The molecule has 0 aliphatic heterocycles. The zero-order chi connectivity index (χ0) is 13.2. The van der Waals surface area contributed by atoms with Crippen LogP contribution in [-0.2, 0) is 6.54 Å². The predicted molar refractivity (Wildman–Crippen MR) is 77.0 cm³/mol. The van der Waals surface area contributed by atoms with E-state index >= 15 is 0 Å². The van der Waals surface area contributed by atoms with Crippen LogP contribution < -0.4 is 0 Å². The van der Waals surface area contributed by atoms with Gasteiger partial charge in [0.05, 0.1) is 18.8 Å². The molecule has 3 rings (SSSR count). The number of rotatable bonds is 3. The van der Waals surface area contributed by atoms with E-state index in [1.807, 2.05) is 23.7 Å². The minimum absolute atomic E-state index is 0.109. The van der Waals surface area contributed by atoms with Crippen molar-refractivity contribution in [2.45, 2.75) is 13.5 Å². The third-order valence-electron chi connectivity index (χ3n) is 3.36. The van der Waals surface area contributed by atoms with Gasteiger partial charge in [-0.25, -0.2) is 0 Å². The standard InChI is InChI=1S/C16H16N2O/c1-12-11-16(17-18(12)9-10-19)15-8-4-6-13-5-2-3-7-14(13)15/h2-8,11,19H,9-10H2,1H3. The Morgan fingerprint density at radius 1 is 1.11 bits per heavy atom. The van der Waals surface area contributed by atoms with Crippen LogP contribution in [0.3, 0.4) is 0 Å². The molecule has 19 heavy (non-hydrogen) atoms. The zero-order valence-electron chi connectivity index (χ0n) is 10.9. The summed E-state index contributed by atoms with van der Waals surface area (Å²) in [4.78, 5) is 0. The molecular weight excluding hydrogens is 236 g/mol. The summed E-state index contributed by atoms with van der Waals surface area (Å²) in [6.07, 6.45) is 0. The SMILES string of the molecule is Cc1cc(-c2cccc3ccccc23)nn1CCO. The summed E-state index contributed by atoms with van der Waals surface area (Å²) in [5.41, 5.74) is 3.16. The average Bonchev–Trinajstić information content (AvgIpc) is 2.80. The first kappa shape index (κ1) is 11.9. The van der Waals surface area contributed by atoms with Crippen LogP contribution in [0.5, 0.6) is 0 Å². The van der Waals surface area contributed by atoms with Gasteiger partial charge in [-0.05, 0) is 23.8 Å². The van der Waals surface area contributed by atoms with E-state index in [0.29, 0.717) is 6.54 Å². The first-order chi connectivity index (χ1) is 9.29. The average molecular weight is 252 g/mol. The Labute approximate surface area is 112 Å². The maximum Gasteiger partial charge on any atom is 0.0932 e. The summed E-state index contributed by atoms with van der Waals surface area (Å²) in [5.74, 6) is 0. The molecule has 0 saturated carbocycles. The molecule has 0 unspecified atom stereocenters. The second kappa shape index (κ2) is 4.86. The van der Waals surface area contributed by atoms with Crippen molar-refractivity contribution < 1.29 is 5.11 Å². The van der Waals surface area contributed by atoms with Gasteiger partial charge in [0.1, 0.15) is 0 Å². The van der Waals surface area contributed by atoms with Gasteiger partial charge in [-0.15, -0.1) is 0 Å². The van der Waals surface area contributed by atoms with Crippen LogP contribution >= 0.6 is 0 Å². The minimum atomic E-state index is 0.109. The van der Waals surface area contributed by atoms with Crippen LogP contribution in [-0.4, -0.2) is 21.5 Å². The second-order valence-corrected chi connectivity index (χ2v) is 4.64. The van der Waals surface area contributed by atoms with Crippen LogP contribution in [0.4, 0.5) is 0 Å². The number of aliphatic hydroxyl groups is 1. The zero-order valence-corrected chi connectivity index (χ0v) is 10.9. The number of hydrogen-bond acceptors (Lipinski definition) is 2. The van der Waals surface area contributed by atoms with E-state index < -0.39 is 0 Å². The van der Waals surface area contributed by atoms with Gasteiger partial charge in [-0.2, -0.15) is 5.10 Å². The number of aromatic nitrogens is 2. The van der Waals surface area contributed by atoms with E-state index in [1.165, 1.54) is 10.8 Å². The summed E-state index contributed by atoms with van der Waals surface area (Å²) in [7, 11) is 0. The molecule has 0 radical (unpaired) electrons. The van der Waals surface area contributed by atoms with Gasteiger partial charge in [0.15, 0.2) is 0 Å². The molecule has 0 bridgehead atoms. The van der Waals surface area contributed by atoms with Gasteiger partial charge in [0, 0.05) is 11.3 Å². The van der Waals surface area contributed by atoms with Crippen molar-refractivity contribution in [3.63, 3.8) is 0 Å². The third kappa shape index (κ3) is 2.13. The number of aryl methyl sites for hydroxylation is 1. The molecule has 1 N–H and O–H groups in total. The van der Waals surface area contributed by atoms with E-state index in [1.54, 1.807) is 0 Å².